The molecule has 109 heavy (non-hydrogen) atoms. The zero-order valence-corrected chi connectivity index (χ0v) is 64.2. The summed E-state index contributed by atoms with van der Waals surface area (Å²) >= 11 is 2.83. The van der Waals surface area contributed by atoms with Crippen molar-refractivity contribution in [3.63, 3.8) is 0 Å². The molecule has 0 radical (unpaired) electrons. The van der Waals surface area contributed by atoms with Gasteiger partial charge in [0.2, 0.25) is 43.7 Å². The number of aliphatic carboxylic acids is 1. The van der Waals surface area contributed by atoms with Crippen LogP contribution in [0.4, 0.5) is 11.4 Å². The molecular formula is C82H92N10O13S4. The second kappa shape index (κ2) is 31.8. The minimum atomic E-state index is -3.94. The smallest absolute Gasteiger partial charge is 0.330 e. The first-order valence-corrected chi connectivity index (χ1v) is 42.3. The van der Waals surface area contributed by atoms with Gasteiger partial charge in [0.25, 0.3) is 16.3 Å². The number of carboxylic acid groups (broad SMARTS) is 1. The van der Waals surface area contributed by atoms with E-state index in [-0.39, 0.29) is 56.0 Å². The lowest BCUT2D eigenvalue weighted by Gasteiger charge is -2.30. The Kier molecular flexibility index (Phi) is 22.3. The molecule has 572 valence electrons. The average Bonchev–Trinajstić information content (AvgIpc) is 1.57. The summed E-state index contributed by atoms with van der Waals surface area (Å²) in [6.07, 6.45) is 18.3. The molecule has 0 unspecified atom stereocenters. The Bertz CT molecular complexity index is 4910. The predicted molar refractivity (Wildman–Crippen MR) is 422 cm³/mol. The third-order valence-corrected chi connectivity index (χ3v) is 28.3. The van der Waals surface area contributed by atoms with E-state index in [1.165, 1.54) is 22.7 Å². The van der Waals surface area contributed by atoms with Crippen molar-refractivity contribution < 1.29 is 60.2 Å². The predicted octanol–water partition coefficient (Wildman–Crippen LogP) is 12.3. The average molecular weight is 1550 g/mol. The largest absolute Gasteiger partial charge is 0.479 e. The number of nitrogens with one attached hydrogen (secondary N) is 5. The number of aromatic nitrogens is 2. The summed E-state index contributed by atoms with van der Waals surface area (Å²) < 4.78 is 62.7. The van der Waals surface area contributed by atoms with E-state index in [1.54, 1.807) is 23.6 Å². The van der Waals surface area contributed by atoms with E-state index in [9.17, 15) is 50.7 Å². The minimum absolute atomic E-state index is 0.146. The number of nitrogens with two attached hydrogens (primary N) is 1. The van der Waals surface area contributed by atoms with Crippen LogP contribution < -0.4 is 40.6 Å². The number of allylic oxidation sites excluding steroid dienone is 2. The Morgan fingerprint density at radius 2 is 0.936 bits per heavy atom. The Hall–Kier alpha value is -9.54. The lowest BCUT2D eigenvalue weighted by Crippen LogP contribution is -2.58. The molecule has 4 aliphatic carbocycles. The molecule has 10 atom stereocenters. The number of thiazole rings is 2. The van der Waals surface area contributed by atoms with Crippen LogP contribution in [0.1, 0.15) is 129 Å². The van der Waals surface area contributed by atoms with Crippen LogP contribution >= 0.6 is 22.7 Å². The van der Waals surface area contributed by atoms with Crippen LogP contribution in [0.25, 0.3) is 42.7 Å². The van der Waals surface area contributed by atoms with Crippen LogP contribution in [0.3, 0.4) is 0 Å². The van der Waals surface area contributed by atoms with E-state index in [4.69, 9.17) is 14.6 Å². The Labute approximate surface area is 643 Å². The highest BCUT2D eigenvalue weighted by Gasteiger charge is 2.64. The van der Waals surface area contributed by atoms with Crippen molar-refractivity contribution in [3.05, 3.63) is 182 Å². The van der Waals surface area contributed by atoms with E-state index in [1.807, 2.05) is 158 Å². The molecule has 5 amide bonds. The molecule has 23 nitrogen and oxygen atoms in total. The van der Waals surface area contributed by atoms with Crippen LogP contribution in [-0.4, -0.2) is 147 Å². The number of sulfonamides is 2. The number of benzene rings is 6. The Balaban J connectivity index is 0.000000166. The van der Waals surface area contributed by atoms with Gasteiger partial charge in [-0.15, -0.1) is 0 Å². The molecular weight excluding hydrogens is 1460 g/mol. The number of fused-ring (bicyclic) bond motifs is 6. The minimum Gasteiger partial charge on any atom is -0.479 e. The summed E-state index contributed by atoms with van der Waals surface area (Å²) in [6.45, 7) is 3.63. The van der Waals surface area contributed by atoms with Gasteiger partial charge in [0, 0.05) is 36.1 Å². The molecule has 16 rings (SSSR count). The fourth-order valence-corrected chi connectivity index (χ4v) is 18.6. The molecule has 8 N–H and O–H groups in total. The molecule has 4 aliphatic heterocycles. The van der Waals surface area contributed by atoms with E-state index < -0.39 is 101 Å². The number of carbonyl (C=O) groups is 6. The summed E-state index contributed by atoms with van der Waals surface area (Å²) in [4.78, 5) is 96.1. The number of anilines is 2. The first-order chi connectivity index (χ1) is 52.4. The molecule has 4 saturated carbocycles. The van der Waals surface area contributed by atoms with Gasteiger partial charge < -0.3 is 45.6 Å². The number of carboxylic acids is 1. The second-order valence-electron chi connectivity index (χ2n) is 30.5. The SMILES string of the molecule is CC1(S(=O)(=O)NC(=O)[C@@]23C[C@H]2/C=C\CCCCC[C@H](Nc2ccc(-c4ccccc4)cc2)C(=O)N2C[C@H](Oc4nc5ccccc5s4)C[C@H]2C(=O)N3)CC1.CC1(S(N)(=O)=O)CC1.O=C1N[C@]2(C(=O)O)C[C@H]2/C=C\CCCCC[C@H](Nc2ccc(-c3ccccc3)cc2)C(=O)N2C[C@H](Oc3nc4ccccc4s3)C[C@@H]12. The highest BCUT2D eigenvalue weighted by atomic mass is 32.2. The maximum absolute atomic E-state index is 14.7. The van der Waals surface area contributed by atoms with Crippen molar-refractivity contribution in [1.29, 1.82) is 0 Å². The van der Waals surface area contributed by atoms with Crippen molar-refractivity contribution in [3.8, 4) is 32.6 Å². The van der Waals surface area contributed by atoms with Gasteiger partial charge in [0.15, 0.2) is 0 Å². The monoisotopic (exact) mass is 1550 g/mol. The van der Waals surface area contributed by atoms with Crippen LogP contribution in [0.5, 0.6) is 10.4 Å². The molecule has 6 fully saturated rings. The summed E-state index contributed by atoms with van der Waals surface area (Å²) in [7, 11) is -7.17. The Morgan fingerprint density at radius 1 is 0.532 bits per heavy atom. The molecule has 27 heteroatoms. The fourth-order valence-electron chi connectivity index (χ4n) is 14.8. The number of para-hydroxylation sites is 2. The van der Waals surface area contributed by atoms with E-state index >= 15 is 0 Å². The lowest BCUT2D eigenvalue weighted by atomic mass is 10.0. The van der Waals surface area contributed by atoms with Crippen molar-refractivity contribution in [1.82, 2.24) is 35.1 Å². The molecule has 2 saturated heterocycles. The third kappa shape index (κ3) is 17.4. The zero-order valence-electron chi connectivity index (χ0n) is 60.9. The second-order valence-corrected chi connectivity index (χ2v) is 36.8. The van der Waals surface area contributed by atoms with Gasteiger partial charge in [-0.2, -0.15) is 0 Å². The van der Waals surface area contributed by atoms with E-state index in [0.29, 0.717) is 42.5 Å². The quantitative estimate of drug-likeness (QED) is 0.0469. The number of ether oxygens (including phenoxy) is 2. The molecule has 8 aliphatic rings. The maximum atomic E-state index is 14.7. The van der Waals surface area contributed by atoms with Gasteiger partial charge in [-0.05, 0) is 162 Å². The van der Waals surface area contributed by atoms with Gasteiger partial charge in [0.1, 0.15) is 47.5 Å². The van der Waals surface area contributed by atoms with Crippen LogP contribution in [0.2, 0.25) is 0 Å². The first kappa shape index (κ1) is 76.2. The number of carbonyl (C=O) groups excluding carboxylic acids is 5. The van der Waals surface area contributed by atoms with E-state index in [2.05, 4.69) is 60.2 Å². The molecule has 0 spiro atoms. The van der Waals surface area contributed by atoms with Crippen molar-refractivity contribution >= 4 is 110 Å². The Morgan fingerprint density at radius 3 is 1.35 bits per heavy atom. The number of amides is 5. The fraction of sp³-hybridized carbons (Fsp3) is 0.415. The molecule has 6 heterocycles. The van der Waals surface area contributed by atoms with Crippen molar-refractivity contribution in [2.45, 2.75) is 186 Å². The highest BCUT2D eigenvalue weighted by molar-refractivity contribution is 7.91. The van der Waals surface area contributed by atoms with Gasteiger partial charge in [0.05, 0.1) is 43.0 Å². The summed E-state index contributed by atoms with van der Waals surface area (Å²) in [5, 5.41) is 28.7. The van der Waals surface area contributed by atoms with Gasteiger partial charge in [-0.1, -0.05) is 182 Å². The normalized spacial score (nSPS) is 27.1. The van der Waals surface area contributed by atoms with Gasteiger partial charge >= 0.3 is 5.97 Å². The van der Waals surface area contributed by atoms with Crippen LogP contribution in [0, 0.1) is 11.8 Å². The van der Waals surface area contributed by atoms with Crippen molar-refractivity contribution in [2.75, 3.05) is 23.7 Å². The van der Waals surface area contributed by atoms with Gasteiger partial charge in [-0.3, -0.25) is 28.7 Å². The van der Waals surface area contributed by atoms with Crippen LogP contribution in [-0.2, 0) is 48.8 Å². The number of nitrogens with zero attached hydrogens (tertiary/aromatic N) is 4. The van der Waals surface area contributed by atoms with E-state index in [0.717, 1.165) is 118 Å². The number of rotatable bonds is 15. The van der Waals surface area contributed by atoms with Crippen molar-refractivity contribution in [2.24, 2.45) is 17.0 Å². The van der Waals surface area contributed by atoms with Gasteiger partial charge in [-0.25, -0.2) is 36.7 Å². The number of hydrogen-bond acceptors (Lipinski definition) is 18. The highest BCUT2D eigenvalue weighted by Crippen LogP contribution is 2.49. The maximum Gasteiger partial charge on any atom is 0.330 e. The first-order valence-electron chi connectivity index (χ1n) is 37.7. The summed E-state index contributed by atoms with van der Waals surface area (Å²) in [5.74, 6) is -3.85. The molecule has 0 bridgehead atoms. The zero-order chi connectivity index (χ0) is 76.3. The third-order valence-electron chi connectivity index (χ3n) is 22.5. The lowest BCUT2D eigenvalue weighted by molar-refractivity contribution is -0.145. The number of hydrogen-bond donors (Lipinski definition) is 7. The molecule has 2 aromatic heterocycles. The molecule has 8 aromatic rings. The van der Waals surface area contributed by atoms with Crippen LogP contribution in [0.15, 0.2) is 182 Å². The number of primary sulfonamides is 1. The topological polar surface area (TPSA) is 328 Å². The molecule has 6 aromatic carbocycles. The standard InChI is InChI=1S/C41H45N5O6S2.C37H38N4O5S.C4H9NO2S/c1-40(22-23-40)54(50,51)45-38(49)41-25-29(41)14-8-3-2-4-9-16-33(42-30-20-18-28(19-21-30)27-12-6-5-7-13-27)37(48)46-26-31(24-34(46)36(47)44-41)52-39-43-32-15-10-11-17-35(32)53-39;42-33-31-21-28(46-36-39-29-14-9-10-16-32(29)47-36)23-41(31)34(43)30(38-27-19-17-25(18-20-27)24-11-5-4-6-12-24)15-8-3-1-2-7-13-26-22-37(26,40-33)35(44)45;1-4(2-3-4)8(5,6)7/h5-8,10-15,17-21,29,31,33-34,42H,2-4,9,16,22-26H2,1H3,(H,44,47)(H,45,49);4-7,9-14,16-20,26,28,30-31,38H,1-3,8,15,21-23H2,(H,40,42)(H,44,45);2-3H2,1H3,(H2,5,6,7)/b14-8-;13-7-;/t29-,31-,33+,34+,41-;26-,28-,30+,31+,37-;/m11./s1. The summed E-state index contributed by atoms with van der Waals surface area (Å²) in [6, 6.07) is 48.6. The summed E-state index contributed by atoms with van der Waals surface area (Å²) in [5.41, 5.74) is 4.79.